The van der Waals surface area contributed by atoms with Crippen molar-refractivity contribution in [3.05, 3.63) is 36.4 Å². The van der Waals surface area contributed by atoms with E-state index in [1.54, 1.807) is 4.90 Å². The summed E-state index contributed by atoms with van der Waals surface area (Å²) in [4.78, 5) is 27.8. The molecule has 5 nitrogen and oxygen atoms in total. The van der Waals surface area contributed by atoms with Crippen LogP contribution >= 0.6 is 0 Å². The molecule has 0 radical (unpaired) electrons. The third kappa shape index (κ3) is 4.12. The Kier molecular flexibility index (Phi) is 5.42. The lowest BCUT2D eigenvalue weighted by molar-refractivity contribution is -0.130. The van der Waals surface area contributed by atoms with Crippen LogP contribution in [0, 0.1) is 12.8 Å². The number of likely N-dealkylation sites (tertiary alicyclic amines) is 1. The van der Waals surface area contributed by atoms with Crippen LogP contribution in [0.5, 0.6) is 0 Å². The smallest absolute Gasteiger partial charge is 0.245 e. The molecule has 5 heteroatoms. The Bertz CT molecular complexity index is 602. The van der Waals surface area contributed by atoms with E-state index in [1.807, 2.05) is 44.1 Å². The zero-order chi connectivity index (χ0) is 17.0. The Labute approximate surface area is 138 Å². The van der Waals surface area contributed by atoms with Gasteiger partial charge in [-0.1, -0.05) is 6.58 Å². The molecule has 2 amide bonds. The largest absolute Gasteiger partial charge is 0.377 e. The molecule has 1 N–H and O–H groups in total. The first-order chi connectivity index (χ1) is 10.9. The number of nitrogens with zero attached hydrogens (tertiary/aromatic N) is 2. The molecule has 0 aliphatic carbocycles. The number of hydrogen-bond donors (Lipinski definition) is 1. The molecule has 23 heavy (non-hydrogen) atoms. The molecule has 0 atom stereocenters. The Hall–Kier alpha value is -2.30. The van der Waals surface area contributed by atoms with E-state index in [0.717, 1.165) is 16.9 Å². The van der Waals surface area contributed by atoms with E-state index in [2.05, 4.69) is 11.9 Å². The van der Waals surface area contributed by atoms with E-state index in [-0.39, 0.29) is 17.7 Å². The average Bonchev–Trinajstić information content (AvgIpc) is 2.54. The lowest BCUT2D eigenvalue weighted by Crippen LogP contribution is -2.40. The molecule has 1 aromatic carbocycles. The van der Waals surface area contributed by atoms with Crippen LogP contribution in [-0.2, 0) is 9.59 Å². The summed E-state index contributed by atoms with van der Waals surface area (Å²) in [6.07, 6.45) is 2.72. The van der Waals surface area contributed by atoms with Crippen molar-refractivity contribution in [2.75, 3.05) is 37.4 Å². The number of benzene rings is 1. The summed E-state index contributed by atoms with van der Waals surface area (Å²) < 4.78 is 0. The number of piperidine rings is 1. The van der Waals surface area contributed by atoms with Crippen LogP contribution in [0.1, 0.15) is 18.4 Å². The van der Waals surface area contributed by atoms with Crippen LogP contribution in [0.25, 0.3) is 0 Å². The third-order valence-corrected chi connectivity index (χ3v) is 4.30. The van der Waals surface area contributed by atoms with Gasteiger partial charge in [-0.2, -0.15) is 0 Å². The molecule has 1 heterocycles. The van der Waals surface area contributed by atoms with Crippen molar-refractivity contribution in [2.45, 2.75) is 19.8 Å². The summed E-state index contributed by atoms with van der Waals surface area (Å²) in [5.74, 6) is -0.0656. The average molecular weight is 315 g/mol. The molecule has 0 unspecified atom stereocenters. The predicted octanol–water partition coefficient (Wildman–Crippen LogP) is 2.42. The zero-order valence-electron chi connectivity index (χ0n) is 14.1. The first-order valence-electron chi connectivity index (χ1n) is 7.92. The van der Waals surface area contributed by atoms with Crippen molar-refractivity contribution in [1.29, 1.82) is 0 Å². The quantitative estimate of drug-likeness (QED) is 0.868. The monoisotopic (exact) mass is 315 g/mol. The van der Waals surface area contributed by atoms with Gasteiger partial charge < -0.3 is 15.1 Å². The van der Waals surface area contributed by atoms with Gasteiger partial charge in [0.05, 0.1) is 0 Å². The number of carbonyl (C=O) groups excluding carboxylic acids is 2. The van der Waals surface area contributed by atoms with Gasteiger partial charge in [0.15, 0.2) is 0 Å². The Morgan fingerprint density at radius 1 is 1.30 bits per heavy atom. The van der Waals surface area contributed by atoms with Crippen molar-refractivity contribution in [3.63, 3.8) is 0 Å². The molecule has 0 saturated carbocycles. The fraction of sp³-hybridized carbons (Fsp3) is 0.444. The standard InChI is InChI=1S/C18H25N3O2/c1-5-17(22)21-10-8-14(9-11-21)18(23)19-15-6-7-16(20(3)4)13(2)12-15/h5-7,12,14H,1,8-11H2,2-4H3,(H,19,23). The topological polar surface area (TPSA) is 52.7 Å². The lowest BCUT2D eigenvalue weighted by Gasteiger charge is -2.30. The molecule has 2 rings (SSSR count). The van der Waals surface area contributed by atoms with E-state index < -0.39 is 0 Å². The Morgan fingerprint density at radius 3 is 2.48 bits per heavy atom. The van der Waals surface area contributed by atoms with E-state index in [0.29, 0.717) is 25.9 Å². The molecule has 0 bridgehead atoms. The van der Waals surface area contributed by atoms with Gasteiger partial charge in [0.25, 0.3) is 0 Å². The molecule has 0 spiro atoms. The summed E-state index contributed by atoms with van der Waals surface area (Å²) in [5, 5.41) is 3.00. The summed E-state index contributed by atoms with van der Waals surface area (Å²) in [7, 11) is 4.00. The summed E-state index contributed by atoms with van der Waals surface area (Å²) >= 11 is 0. The molecule has 1 fully saturated rings. The first kappa shape index (κ1) is 17.1. The van der Waals surface area contributed by atoms with Gasteiger partial charge in [-0.15, -0.1) is 0 Å². The van der Waals surface area contributed by atoms with Gasteiger partial charge in [0, 0.05) is 44.5 Å². The second-order valence-corrected chi connectivity index (χ2v) is 6.19. The molecular weight excluding hydrogens is 290 g/mol. The molecule has 1 aliphatic rings. The van der Waals surface area contributed by atoms with Crippen LogP contribution in [0.15, 0.2) is 30.9 Å². The van der Waals surface area contributed by atoms with Crippen molar-refractivity contribution in [2.24, 2.45) is 5.92 Å². The SMILES string of the molecule is C=CC(=O)N1CCC(C(=O)Nc2ccc(N(C)C)c(C)c2)CC1. The summed E-state index contributed by atoms with van der Waals surface area (Å²) in [6.45, 7) is 6.76. The lowest BCUT2D eigenvalue weighted by atomic mass is 9.95. The predicted molar refractivity (Wildman–Crippen MR) is 93.6 cm³/mol. The summed E-state index contributed by atoms with van der Waals surface area (Å²) in [6, 6.07) is 5.93. The number of amides is 2. The highest BCUT2D eigenvalue weighted by Gasteiger charge is 2.26. The third-order valence-electron chi connectivity index (χ3n) is 4.30. The van der Waals surface area contributed by atoms with Gasteiger partial charge >= 0.3 is 0 Å². The van der Waals surface area contributed by atoms with Gasteiger partial charge in [-0.05, 0) is 49.6 Å². The van der Waals surface area contributed by atoms with Crippen LogP contribution < -0.4 is 10.2 Å². The molecule has 1 aliphatic heterocycles. The number of aryl methyl sites for hydroxylation is 1. The van der Waals surface area contributed by atoms with Crippen molar-refractivity contribution < 1.29 is 9.59 Å². The number of hydrogen-bond acceptors (Lipinski definition) is 3. The number of nitrogens with one attached hydrogen (secondary N) is 1. The van der Waals surface area contributed by atoms with Crippen LogP contribution in [-0.4, -0.2) is 43.9 Å². The molecule has 1 aromatic rings. The van der Waals surface area contributed by atoms with E-state index in [9.17, 15) is 9.59 Å². The summed E-state index contributed by atoms with van der Waals surface area (Å²) in [5.41, 5.74) is 3.08. The fourth-order valence-electron chi connectivity index (χ4n) is 2.97. The second-order valence-electron chi connectivity index (χ2n) is 6.19. The van der Waals surface area contributed by atoms with E-state index >= 15 is 0 Å². The van der Waals surface area contributed by atoms with Crippen LogP contribution in [0.4, 0.5) is 11.4 Å². The zero-order valence-corrected chi connectivity index (χ0v) is 14.1. The number of anilines is 2. The maximum Gasteiger partial charge on any atom is 0.245 e. The highest BCUT2D eigenvalue weighted by molar-refractivity contribution is 5.93. The van der Waals surface area contributed by atoms with Gasteiger partial charge in [0.2, 0.25) is 11.8 Å². The molecular formula is C18H25N3O2. The second kappa shape index (κ2) is 7.31. The highest BCUT2D eigenvalue weighted by Crippen LogP contribution is 2.24. The molecule has 0 aromatic heterocycles. The molecule has 124 valence electrons. The van der Waals surface area contributed by atoms with Gasteiger partial charge in [-0.25, -0.2) is 0 Å². The minimum absolute atomic E-state index is 0.0349. The maximum atomic E-state index is 12.4. The van der Waals surface area contributed by atoms with E-state index in [4.69, 9.17) is 0 Å². The van der Waals surface area contributed by atoms with Crippen molar-refractivity contribution in [3.8, 4) is 0 Å². The number of rotatable bonds is 4. The Morgan fingerprint density at radius 2 is 1.96 bits per heavy atom. The van der Waals surface area contributed by atoms with Crippen LogP contribution in [0.3, 0.4) is 0 Å². The van der Waals surface area contributed by atoms with Gasteiger partial charge in [0.1, 0.15) is 0 Å². The minimum Gasteiger partial charge on any atom is -0.377 e. The minimum atomic E-state index is -0.0567. The fourth-order valence-corrected chi connectivity index (χ4v) is 2.97. The Balaban J connectivity index is 1.94. The van der Waals surface area contributed by atoms with Gasteiger partial charge in [-0.3, -0.25) is 9.59 Å². The van der Waals surface area contributed by atoms with Crippen molar-refractivity contribution >= 4 is 23.2 Å². The molecule has 1 saturated heterocycles. The maximum absolute atomic E-state index is 12.4. The number of carbonyl (C=O) groups is 2. The first-order valence-corrected chi connectivity index (χ1v) is 7.92. The van der Waals surface area contributed by atoms with E-state index in [1.165, 1.54) is 6.08 Å². The highest BCUT2D eigenvalue weighted by atomic mass is 16.2. The van der Waals surface area contributed by atoms with Crippen molar-refractivity contribution in [1.82, 2.24) is 4.90 Å². The normalized spacial score (nSPS) is 15.2. The van der Waals surface area contributed by atoms with Crippen LogP contribution in [0.2, 0.25) is 0 Å².